The number of nitrogens with one attached hydrogen (secondary N) is 1. The SMILES string of the molecule is CCC(C)NC(=O)c1cccc(C#CCCCC(=O)O)c1. The molecular weight excluding hydrogens is 266 g/mol. The lowest BCUT2D eigenvalue weighted by molar-refractivity contribution is -0.137. The maximum Gasteiger partial charge on any atom is 0.303 e. The Morgan fingerprint density at radius 3 is 2.81 bits per heavy atom. The zero-order chi connectivity index (χ0) is 15.7. The van der Waals surface area contributed by atoms with E-state index in [2.05, 4.69) is 17.2 Å². The number of rotatable bonds is 6. The summed E-state index contributed by atoms with van der Waals surface area (Å²) in [6, 6.07) is 7.29. The molecular formula is C17H21NO3. The van der Waals surface area contributed by atoms with Gasteiger partial charge in [0.05, 0.1) is 0 Å². The molecule has 0 aliphatic carbocycles. The summed E-state index contributed by atoms with van der Waals surface area (Å²) in [6.45, 7) is 3.98. The molecule has 1 rings (SSSR count). The Bertz CT molecular complexity index is 555. The van der Waals surface area contributed by atoms with Gasteiger partial charge in [-0.25, -0.2) is 0 Å². The van der Waals surface area contributed by atoms with Crippen molar-refractivity contribution in [1.82, 2.24) is 5.32 Å². The molecule has 1 atom stereocenters. The van der Waals surface area contributed by atoms with E-state index in [0.717, 1.165) is 12.0 Å². The van der Waals surface area contributed by atoms with Crippen molar-refractivity contribution in [2.45, 2.75) is 45.6 Å². The first-order chi connectivity index (χ1) is 10.0. The highest BCUT2D eigenvalue weighted by molar-refractivity contribution is 5.94. The van der Waals surface area contributed by atoms with Gasteiger partial charge >= 0.3 is 5.97 Å². The highest BCUT2D eigenvalue weighted by Crippen LogP contribution is 2.05. The summed E-state index contributed by atoms with van der Waals surface area (Å²) in [5.41, 5.74) is 1.36. The largest absolute Gasteiger partial charge is 0.481 e. The van der Waals surface area contributed by atoms with Gasteiger partial charge in [-0.3, -0.25) is 9.59 Å². The van der Waals surface area contributed by atoms with Gasteiger partial charge in [0, 0.05) is 30.0 Å². The molecule has 0 radical (unpaired) electrons. The van der Waals surface area contributed by atoms with Crippen LogP contribution in [0.25, 0.3) is 0 Å². The Morgan fingerprint density at radius 2 is 2.14 bits per heavy atom. The molecule has 0 fully saturated rings. The molecule has 21 heavy (non-hydrogen) atoms. The third-order valence-corrected chi connectivity index (χ3v) is 3.04. The molecule has 0 saturated carbocycles. The van der Waals surface area contributed by atoms with Crippen LogP contribution < -0.4 is 5.32 Å². The van der Waals surface area contributed by atoms with E-state index in [1.807, 2.05) is 19.9 Å². The van der Waals surface area contributed by atoms with Crippen molar-refractivity contribution in [3.8, 4) is 11.8 Å². The van der Waals surface area contributed by atoms with Crippen molar-refractivity contribution in [3.05, 3.63) is 35.4 Å². The van der Waals surface area contributed by atoms with E-state index in [1.165, 1.54) is 0 Å². The van der Waals surface area contributed by atoms with Crippen molar-refractivity contribution in [2.75, 3.05) is 0 Å². The number of carboxylic acids is 1. The quantitative estimate of drug-likeness (QED) is 0.624. The van der Waals surface area contributed by atoms with E-state index < -0.39 is 5.97 Å². The molecule has 112 valence electrons. The Balaban J connectivity index is 2.62. The summed E-state index contributed by atoms with van der Waals surface area (Å²) in [4.78, 5) is 22.4. The van der Waals surface area contributed by atoms with Gasteiger partial charge in [-0.15, -0.1) is 0 Å². The summed E-state index contributed by atoms with van der Waals surface area (Å²) in [6.07, 6.45) is 2.09. The van der Waals surface area contributed by atoms with E-state index in [-0.39, 0.29) is 18.4 Å². The molecule has 1 aromatic carbocycles. The number of hydrogen-bond acceptors (Lipinski definition) is 2. The monoisotopic (exact) mass is 287 g/mol. The van der Waals surface area contributed by atoms with Crippen LogP contribution in [0.15, 0.2) is 24.3 Å². The number of benzene rings is 1. The average Bonchev–Trinajstić information content (AvgIpc) is 2.46. The molecule has 0 aliphatic heterocycles. The molecule has 4 heteroatoms. The lowest BCUT2D eigenvalue weighted by atomic mass is 10.1. The number of carboxylic acid groups (broad SMARTS) is 1. The van der Waals surface area contributed by atoms with E-state index in [0.29, 0.717) is 18.4 Å². The van der Waals surface area contributed by atoms with E-state index in [1.54, 1.807) is 18.2 Å². The third kappa shape index (κ3) is 6.62. The van der Waals surface area contributed by atoms with Gasteiger partial charge in [-0.2, -0.15) is 0 Å². The van der Waals surface area contributed by atoms with Crippen LogP contribution in [0, 0.1) is 11.8 Å². The zero-order valence-electron chi connectivity index (χ0n) is 12.5. The van der Waals surface area contributed by atoms with E-state index >= 15 is 0 Å². The van der Waals surface area contributed by atoms with Gasteiger partial charge in [-0.1, -0.05) is 24.8 Å². The Hall–Kier alpha value is -2.28. The normalized spacial score (nSPS) is 11.1. The highest BCUT2D eigenvalue weighted by atomic mass is 16.4. The fourth-order valence-corrected chi connectivity index (χ4v) is 1.64. The maximum absolute atomic E-state index is 12.0. The van der Waals surface area contributed by atoms with Crippen molar-refractivity contribution in [2.24, 2.45) is 0 Å². The average molecular weight is 287 g/mol. The highest BCUT2D eigenvalue weighted by Gasteiger charge is 2.08. The summed E-state index contributed by atoms with van der Waals surface area (Å²) in [5.74, 6) is 4.98. The van der Waals surface area contributed by atoms with Crippen molar-refractivity contribution >= 4 is 11.9 Å². The molecule has 0 spiro atoms. The third-order valence-electron chi connectivity index (χ3n) is 3.04. The molecule has 1 amide bonds. The molecule has 0 aliphatic rings. The standard InChI is InChI=1S/C17H21NO3/c1-3-13(2)18-17(21)15-10-7-9-14(12-15)8-5-4-6-11-16(19)20/h7,9-10,12-13H,3-4,6,11H2,1-2H3,(H,18,21)(H,19,20). The second kappa shape index (κ2) is 8.80. The van der Waals surface area contributed by atoms with Crippen LogP contribution in [-0.2, 0) is 4.79 Å². The minimum Gasteiger partial charge on any atom is -0.481 e. The van der Waals surface area contributed by atoms with Crippen molar-refractivity contribution < 1.29 is 14.7 Å². The van der Waals surface area contributed by atoms with E-state index in [4.69, 9.17) is 5.11 Å². The van der Waals surface area contributed by atoms with Gasteiger partial charge in [0.15, 0.2) is 0 Å². The van der Waals surface area contributed by atoms with Gasteiger partial charge in [0.2, 0.25) is 0 Å². The van der Waals surface area contributed by atoms with Crippen LogP contribution in [0.5, 0.6) is 0 Å². The molecule has 2 N–H and O–H groups in total. The van der Waals surface area contributed by atoms with Gasteiger partial charge in [0.25, 0.3) is 5.91 Å². The van der Waals surface area contributed by atoms with Gasteiger partial charge < -0.3 is 10.4 Å². The summed E-state index contributed by atoms with van der Waals surface area (Å²) in [5, 5.41) is 11.4. The molecule has 0 aromatic heterocycles. The predicted octanol–water partition coefficient (Wildman–Crippen LogP) is 2.82. The molecule has 0 heterocycles. The first kappa shape index (κ1) is 16.8. The van der Waals surface area contributed by atoms with Crippen LogP contribution in [0.2, 0.25) is 0 Å². The number of carbonyl (C=O) groups excluding carboxylic acids is 1. The molecule has 1 aromatic rings. The summed E-state index contributed by atoms with van der Waals surface area (Å²) in [7, 11) is 0. The lowest BCUT2D eigenvalue weighted by Gasteiger charge is -2.11. The number of carbonyl (C=O) groups is 2. The van der Waals surface area contributed by atoms with Crippen molar-refractivity contribution in [1.29, 1.82) is 0 Å². The maximum atomic E-state index is 12.0. The second-order valence-electron chi connectivity index (χ2n) is 4.91. The van der Waals surface area contributed by atoms with Crippen LogP contribution in [0.4, 0.5) is 0 Å². The van der Waals surface area contributed by atoms with Crippen LogP contribution in [0.1, 0.15) is 55.5 Å². The Kier molecular flexibility index (Phi) is 7.03. The molecule has 1 unspecified atom stereocenters. The minimum atomic E-state index is -0.805. The number of amides is 1. The topological polar surface area (TPSA) is 66.4 Å². The number of hydrogen-bond donors (Lipinski definition) is 2. The number of aliphatic carboxylic acids is 1. The Morgan fingerprint density at radius 1 is 1.38 bits per heavy atom. The summed E-state index contributed by atoms with van der Waals surface area (Å²) < 4.78 is 0. The number of unbranched alkanes of at least 4 members (excludes halogenated alkanes) is 1. The lowest BCUT2D eigenvalue weighted by Crippen LogP contribution is -2.31. The predicted molar refractivity (Wildman–Crippen MR) is 82.0 cm³/mol. The van der Waals surface area contributed by atoms with Crippen LogP contribution in [0.3, 0.4) is 0 Å². The molecule has 0 bridgehead atoms. The zero-order valence-corrected chi connectivity index (χ0v) is 12.5. The Labute approximate surface area is 125 Å². The molecule has 0 saturated heterocycles. The first-order valence-electron chi connectivity index (χ1n) is 7.14. The fraction of sp³-hybridized carbons (Fsp3) is 0.412. The first-order valence-corrected chi connectivity index (χ1v) is 7.14. The molecule has 4 nitrogen and oxygen atoms in total. The minimum absolute atomic E-state index is 0.0983. The van der Waals surface area contributed by atoms with Crippen LogP contribution in [-0.4, -0.2) is 23.0 Å². The van der Waals surface area contributed by atoms with Gasteiger partial charge in [-0.05, 0) is 38.0 Å². The smallest absolute Gasteiger partial charge is 0.303 e. The fourth-order valence-electron chi connectivity index (χ4n) is 1.64. The van der Waals surface area contributed by atoms with Crippen molar-refractivity contribution in [3.63, 3.8) is 0 Å². The van der Waals surface area contributed by atoms with E-state index in [9.17, 15) is 9.59 Å². The van der Waals surface area contributed by atoms with Crippen LogP contribution >= 0.6 is 0 Å². The summed E-state index contributed by atoms with van der Waals surface area (Å²) >= 11 is 0. The second-order valence-corrected chi connectivity index (χ2v) is 4.91. The van der Waals surface area contributed by atoms with Gasteiger partial charge in [0.1, 0.15) is 0 Å².